The van der Waals surface area contributed by atoms with E-state index in [1.807, 2.05) is 0 Å². The number of benzene rings is 1. The van der Waals surface area contributed by atoms with Crippen LogP contribution in [0.15, 0.2) is 18.2 Å². The van der Waals surface area contributed by atoms with E-state index in [0.29, 0.717) is 10.6 Å². The number of ether oxygens (including phenoxy) is 1. The maximum atomic E-state index is 12.3. The van der Waals surface area contributed by atoms with E-state index in [0.717, 1.165) is 6.92 Å². The quantitative estimate of drug-likeness (QED) is 0.898. The summed E-state index contributed by atoms with van der Waals surface area (Å²) in [6, 6.07) is 4.42. The summed E-state index contributed by atoms with van der Waals surface area (Å²) in [5.74, 6) is 0.0693. The van der Waals surface area contributed by atoms with E-state index < -0.39 is 12.3 Å². The minimum atomic E-state index is -4.41. The van der Waals surface area contributed by atoms with Gasteiger partial charge in [-0.25, -0.2) is 0 Å². The van der Waals surface area contributed by atoms with Crippen LogP contribution in [0.3, 0.4) is 0 Å². The zero-order valence-corrected chi connectivity index (χ0v) is 9.27. The summed E-state index contributed by atoms with van der Waals surface area (Å²) in [4.78, 5) is 0. The molecule has 0 aromatic heterocycles. The van der Waals surface area contributed by atoms with Crippen LogP contribution in [0.2, 0.25) is 5.02 Å². The number of hydrogen-bond acceptors (Lipinski definition) is 2. The highest BCUT2D eigenvalue weighted by atomic mass is 35.5. The molecule has 0 amide bonds. The molecule has 0 saturated heterocycles. The summed E-state index contributed by atoms with van der Waals surface area (Å²) in [5, 5.41) is 0.307. The maximum absolute atomic E-state index is 12.3. The number of rotatable bonds is 3. The third-order valence-corrected chi connectivity index (χ3v) is 2.25. The molecule has 2 nitrogen and oxygen atoms in total. The van der Waals surface area contributed by atoms with Gasteiger partial charge in [-0.05, 0) is 19.1 Å². The van der Waals surface area contributed by atoms with E-state index in [9.17, 15) is 13.2 Å². The van der Waals surface area contributed by atoms with Gasteiger partial charge >= 0.3 is 6.18 Å². The van der Waals surface area contributed by atoms with Crippen LogP contribution >= 0.6 is 11.6 Å². The van der Waals surface area contributed by atoms with Crippen molar-refractivity contribution >= 4 is 11.6 Å². The molecule has 0 aliphatic rings. The Hall–Kier alpha value is -0.940. The summed E-state index contributed by atoms with van der Waals surface area (Å²) in [6.07, 6.45) is -6.30. The SMILES string of the molecule is CC(Oc1cc(Cl)ccc1CN)C(F)(F)F. The predicted molar refractivity (Wildman–Crippen MR) is 55.5 cm³/mol. The van der Waals surface area contributed by atoms with Gasteiger partial charge in [0.1, 0.15) is 5.75 Å². The van der Waals surface area contributed by atoms with E-state index in [1.165, 1.54) is 6.07 Å². The number of halogens is 4. The highest BCUT2D eigenvalue weighted by Crippen LogP contribution is 2.29. The predicted octanol–water partition coefficient (Wildman–Crippen LogP) is 3.13. The van der Waals surface area contributed by atoms with Gasteiger partial charge in [0.15, 0.2) is 6.10 Å². The topological polar surface area (TPSA) is 35.2 Å². The zero-order chi connectivity index (χ0) is 12.3. The van der Waals surface area contributed by atoms with E-state index >= 15 is 0 Å². The lowest BCUT2D eigenvalue weighted by Crippen LogP contribution is -2.31. The molecule has 1 aromatic carbocycles. The zero-order valence-electron chi connectivity index (χ0n) is 8.51. The molecule has 0 radical (unpaired) electrons. The van der Waals surface area contributed by atoms with Crippen molar-refractivity contribution in [1.82, 2.24) is 0 Å². The van der Waals surface area contributed by atoms with Crippen LogP contribution in [0.4, 0.5) is 13.2 Å². The molecule has 0 aliphatic carbocycles. The Morgan fingerprint density at radius 3 is 2.56 bits per heavy atom. The molecule has 2 N–H and O–H groups in total. The van der Waals surface area contributed by atoms with Crippen molar-refractivity contribution in [2.24, 2.45) is 5.73 Å². The van der Waals surface area contributed by atoms with Crippen molar-refractivity contribution in [3.8, 4) is 5.75 Å². The lowest BCUT2D eigenvalue weighted by molar-refractivity contribution is -0.189. The molecule has 0 saturated carbocycles. The Bertz CT molecular complexity index is 368. The van der Waals surface area contributed by atoms with Gasteiger partial charge in [-0.1, -0.05) is 17.7 Å². The number of nitrogens with two attached hydrogens (primary N) is 1. The standard InChI is InChI=1S/C10H11ClF3NO/c1-6(10(12,13)14)16-9-4-8(11)3-2-7(9)5-15/h2-4,6H,5,15H2,1H3. The molecule has 1 aromatic rings. The highest BCUT2D eigenvalue weighted by molar-refractivity contribution is 6.30. The average Bonchev–Trinajstić information content (AvgIpc) is 2.16. The summed E-state index contributed by atoms with van der Waals surface area (Å²) < 4.78 is 41.6. The monoisotopic (exact) mass is 253 g/mol. The van der Waals surface area contributed by atoms with Crippen molar-refractivity contribution in [2.45, 2.75) is 25.7 Å². The summed E-state index contributed by atoms with van der Waals surface area (Å²) in [7, 11) is 0. The van der Waals surface area contributed by atoms with E-state index in [-0.39, 0.29) is 12.3 Å². The van der Waals surface area contributed by atoms with Crippen molar-refractivity contribution in [2.75, 3.05) is 0 Å². The normalized spacial score (nSPS) is 13.6. The molecule has 1 atom stereocenters. The third-order valence-electron chi connectivity index (χ3n) is 2.01. The smallest absolute Gasteiger partial charge is 0.425 e. The molecule has 1 unspecified atom stereocenters. The molecule has 6 heteroatoms. The van der Waals surface area contributed by atoms with Crippen LogP contribution in [-0.2, 0) is 6.54 Å². The fourth-order valence-corrected chi connectivity index (χ4v) is 1.23. The Morgan fingerprint density at radius 2 is 2.06 bits per heavy atom. The summed E-state index contributed by atoms with van der Waals surface area (Å²) >= 11 is 5.67. The van der Waals surface area contributed by atoms with Crippen LogP contribution < -0.4 is 10.5 Å². The number of alkyl halides is 3. The molecule has 0 fully saturated rings. The minimum Gasteiger partial charge on any atom is -0.481 e. The molecule has 0 aliphatic heterocycles. The van der Waals surface area contributed by atoms with Gasteiger partial charge < -0.3 is 10.5 Å². The second-order valence-corrected chi connectivity index (χ2v) is 3.69. The largest absolute Gasteiger partial charge is 0.481 e. The van der Waals surface area contributed by atoms with Crippen LogP contribution in [0.5, 0.6) is 5.75 Å². The first kappa shape index (κ1) is 13.1. The first-order valence-electron chi connectivity index (χ1n) is 4.56. The van der Waals surface area contributed by atoms with Gasteiger partial charge in [0.25, 0.3) is 0 Å². The second-order valence-electron chi connectivity index (χ2n) is 3.26. The van der Waals surface area contributed by atoms with Crippen LogP contribution in [0.1, 0.15) is 12.5 Å². The fourth-order valence-electron chi connectivity index (χ4n) is 1.06. The van der Waals surface area contributed by atoms with E-state index in [4.69, 9.17) is 22.1 Å². The van der Waals surface area contributed by atoms with Gasteiger partial charge in [0.05, 0.1) is 0 Å². The van der Waals surface area contributed by atoms with Crippen LogP contribution in [-0.4, -0.2) is 12.3 Å². The van der Waals surface area contributed by atoms with Crippen molar-refractivity contribution < 1.29 is 17.9 Å². The first-order valence-corrected chi connectivity index (χ1v) is 4.94. The van der Waals surface area contributed by atoms with Crippen molar-refractivity contribution in [3.05, 3.63) is 28.8 Å². The van der Waals surface area contributed by atoms with Crippen LogP contribution in [0, 0.1) is 0 Å². The van der Waals surface area contributed by atoms with Gasteiger partial charge in [-0.3, -0.25) is 0 Å². The van der Waals surface area contributed by atoms with Crippen molar-refractivity contribution in [3.63, 3.8) is 0 Å². The molecule has 0 bridgehead atoms. The molecular weight excluding hydrogens is 243 g/mol. The van der Waals surface area contributed by atoms with Gasteiger partial charge in [-0.2, -0.15) is 13.2 Å². The molecule has 1 rings (SSSR count). The third kappa shape index (κ3) is 3.28. The summed E-state index contributed by atoms with van der Waals surface area (Å²) in [5.41, 5.74) is 5.87. The minimum absolute atomic E-state index is 0.0693. The second kappa shape index (κ2) is 4.93. The van der Waals surface area contributed by atoms with Crippen molar-refractivity contribution in [1.29, 1.82) is 0 Å². The lowest BCUT2D eigenvalue weighted by Gasteiger charge is -2.19. The Balaban J connectivity index is 2.91. The number of hydrogen-bond donors (Lipinski definition) is 1. The Morgan fingerprint density at radius 1 is 1.44 bits per heavy atom. The molecule has 90 valence electrons. The Labute approximate surface area is 96.1 Å². The highest BCUT2D eigenvalue weighted by Gasteiger charge is 2.38. The molecule has 0 heterocycles. The van der Waals surface area contributed by atoms with Gasteiger partial charge in [-0.15, -0.1) is 0 Å². The van der Waals surface area contributed by atoms with Crippen LogP contribution in [0.25, 0.3) is 0 Å². The maximum Gasteiger partial charge on any atom is 0.425 e. The fraction of sp³-hybridized carbons (Fsp3) is 0.400. The summed E-state index contributed by atoms with van der Waals surface area (Å²) in [6.45, 7) is 1.03. The van der Waals surface area contributed by atoms with E-state index in [2.05, 4.69) is 0 Å². The average molecular weight is 254 g/mol. The first-order chi connectivity index (χ1) is 7.34. The lowest BCUT2D eigenvalue weighted by atomic mass is 10.2. The molecule has 16 heavy (non-hydrogen) atoms. The molecular formula is C10H11ClF3NO. The Kier molecular flexibility index (Phi) is 4.04. The molecule has 0 spiro atoms. The van der Waals surface area contributed by atoms with E-state index in [1.54, 1.807) is 12.1 Å². The van der Waals surface area contributed by atoms with Gasteiger partial charge in [0.2, 0.25) is 0 Å². The van der Waals surface area contributed by atoms with Gasteiger partial charge in [0, 0.05) is 17.1 Å².